The molecular weight excluding hydrogens is 344 g/mol. The van der Waals surface area contributed by atoms with Crippen LogP contribution in [0.2, 0.25) is 0 Å². The van der Waals surface area contributed by atoms with Crippen LogP contribution in [-0.4, -0.2) is 31.2 Å². The lowest BCUT2D eigenvalue weighted by atomic mass is 9.85. The van der Waals surface area contributed by atoms with Gasteiger partial charge in [0.1, 0.15) is 6.33 Å². The summed E-state index contributed by atoms with van der Waals surface area (Å²) in [5, 5.41) is 13.4. The molecule has 0 saturated carbocycles. The number of carbonyl (C=O) groups is 1. The minimum Gasteiger partial charge on any atom is -0.349 e. The maximum Gasteiger partial charge on any atom is 0.239 e. The van der Waals surface area contributed by atoms with Crippen molar-refractivity contribution < 1.29 is 9.32 Å². The standard InChI is InChI=1S/C19H24N6O2/c1-19(2,3)11-14(13-7-5-4-6-8-13)22-15(26)9-10-16-23-18(25-27-16)17-20-12-21-24-17/h4-8,12,14H,9-11H2,1-3H3,(H,22,26)(H,20,21,24)/t14-/m0/s1. The second-order valence-corrected chi connectivity index (χ2v) is 7.64. The van der Waals surface area contributed by atoms with Crippen LogP contribution in [0.3, 0.4) is 0 Å². The SMILES string of the molecule is CC(C)(C)C[C@H](NC(=O)CCc1nc(-c2ncn[nH]2)no1)c1ccccc1. The Kier molecular flexibility index (Phi) is 5.63. The molecular formula is C19H24N6O2. The molecule has 8 nitrogen and oxygen atoms in total. The van der Waals surface area contributed by atoms with E-state index in [1.54, 1.807) is 0 Å². The lowest BCUT2D eigenvalue weighted by Crippen LogP contribution is -2.31. The highest BCUT2D eigenvalue weighted by molar-refractivity contribution is 5.76. The minimum atomic E-state index is -0.0486. The molecule has 142 valence electrons. The third-order valence-electron chi connectivity index (χ3n) is 4.01. The van der Waals surface area contributed by atoms with Crippen LogP contribution in [0, 0.1) is 5.41 Å². The maximum atomic E-state index is 12.5. The third kappa shape index (κ3) is 5.47. The summed E-state index contributed by atoms with van der Waals surface area (Å²) in [4.78, 5) is 20.7. The quantitative estimate of drug-likeness (QED) is 0.663. The fraction of sp³-hybridized carbons (Fsp3) is 0.421. The highest BCUT2D eigenvalue weighted by Gasteiger charge is 2.22. The molecule has 0 bridgehead atoms. The number of aromatic nitrogens is 5. The minimum absolute atomic E-state index is 0.0360. The summed E-state index contributed by atoms with van der Waals surface area (Å²) in [7, 11) is 0. The van der Waals surface area contributed by atoms with Gasteiger partial charge in [-0.05, 0) is 17.4 Å². The summed E-state index contributed by atoms with van der Waals surface area (Å²) in [5.41, 5.74) is 1.19. The van der Waals surface area contributed by atoms with Crippen molar-refractivity contribution in [3.63, 3.8) is 0 Å². The van der Waals surface area contributed by atoms with Gasteiger partial charge in [-0.3, -0.25) is 9.89 Å². The van der Waals surface area contributed by atoms with Crippen molar-refractivity contribution >= 4 is 5.91 Å². The van der Waals surface area contributed by atoms with Crippen molar-refractivity contribution in [2.75, 3.05) is 0 Å². The fourth-order valence-electron chi connectivity index (χ4n) is 2.80. The van der Waals surface area contributed by atoms with E-state index in [-0.39, 0.29) is 23.8 Å². The first kappa shape index (κ1) is 18.8. The van der Waals surface area contributed by atoms with Gasteiger partial charge in [-0.1, -0.05) is 56.3 Å². The Morgan fingerprint density at radius 1 is 1.26 bits per heavy atom. The predicted octanol–water partition coefficient (Wildman–Crippen LogP) is 3.08. The van der Waals surface area contributed by atoms with Gasteiger partial charge >= 0.3 is 0 Å². The van der Waals surface area contributed by atoms with Crippen LogP contribution in [0.15, 0.2) is 41.2 Å². The number of benzene rings is 1. The summed E-state index contributed by atoms with van der Waals surface area (Å²) in [6.45, 7) is 6.50. The summed E-state index contributed by atoms with van der Waals surface area (Å²) < 4.78 is 5.18. The molecule has 1 atom stereocenters. The molecule has 0 saturated heterocycles. The first-order chi connectivity index (χ1) is 12.9. The summed E-state index contributed by atoms with van der Waals surface area (Å²) in [5.74, 6) is 1.11. The van der Waals surface area contributed by atoms with Crippen molar-refractivity contribution in [2.24, 2.45) is 5.41 Å². The van der Waals surface area contributed by atoms with Gasteiger partial charge in [0.15, 0.2) is 5.82 Å². The molecule has 0 spiro atoms. The zero-order valence-electron chi connectivity index (χ0n) is 15.8. The summed E-state index contributed by atoms with van der Waals surface area (Å²) in [6.07, 6.45) is 2.85. The molecule has 0 unspecified atom stereocenters. The Morgan fingerprint density at radius 3 is 2.70 bits per heavy atom. The van der Waals surface area contributed by atoms with Crippen molar-refractivity contribution in [1.82, 2.24) is 30.6 Å². The monoisotopic (exact) mass is 368 g/mol. The number of carbonyl (C=O) groups excluding carboxylic acids is 1. The molecule has 0 radical (unpaired) electrons. The second-order valence-electron chi connectivity index (χ2n) is 7.64. The number of aromatic amines is 1. The maximum absolute atomic E-state index is 12.5. The number of aryl methyl sites for hydroxylation is 1. The Hall–Kier alpha value is -3.03. The topological polar surface area (TPSA) is 110 Å². The molecule has 3 rings (SSSR count). The van der Waals surface area contributed by atoms with E-state index >= 15 is 0 Å². The van der Waals surface area contributed by atoms with Crippen LogP contribution >= 0.6 is 0 Å². The van der Waals surface area contributed by atoms with Crippen molar-refractivity contribution in [3.8, 4) is 11.6 Å². The van der Waals surface area contributed by atoms with Gasteiger partial charge in [-0.2, -0.15) is 10.1 Å². The Morgan fingerprint density at radius 2 is 2.04 bits per heavy atom. The van der Waals surface area contributed by atoms with Crippen molar-refractivity contribution in [2.45, 2.75) is 46.1 Å². The molecule has 2 heterocycles. The second kappa shape index (κ2) is 8.11. The Bertz CT molecular complexity index is 852. The van der Waals surface area contributed by atoms with Crippen LogP contribution in [0.4, 0.5) is 0 Å². The zero-order chi connectivity index (χ0) is 19.3. The van der Waals surface area contributed by atoms with Gasteiger partial charge in [-0.25, -0.2) is 4.98 Å². The third-order valence-corrected chi connectivity index (χ3v) is 4.01. The number of nitrogens with zero attached hydrogens (tertiary/aromatic N) is 4. The number of hydrogen-bond acceptors (Lipinski definition) is 6. The van der Waals surface area contributed by atoms with E-state index in [2.05, 4.69) is 51.4 Å². The van der Waals surface area contributed by atoms with E-state index < -0.39 is 0 Å². The molecule has 2 aromatic heterocycles. The predicted molar refractivity (Wildman–Crippen MR) is 99.4 cm³/mol. The van der Waals surface area contributed by atoms with E-state index in [4.69, 9.17) is 4.52 Å². The number of amides is 1. The van der Waals surface area contributed by atoms with Gasteiger partial charge in [-0.15, -0.1) is 0 Å². The summed E-state index contributed by atoms with van der Waals surface area (Å²) >= 11 is 0. The molecule has 0 aliphatic carbocycles. The summed E-state index contributed by atoms with van der Waals surface area (Å²) in [6, 6.07) is 9.99. The highest BCUT2D eigenvalue weighted by atomic mass is 16.5. The molecule has 27 heavy (non-hydrogen) atoms. The zero-order valence-corrected chi connectivity index (χ0v) is 15.8. The van der Waals surface area contributed by atoms with E-state index in [9.17, 15) is 4.79 Å². The Labute approximate surface area is 157 Å². The van der Waals surface area contributed by atoms with Crippen LogP contribution in [-0.2, 0) is 11.2 Å². The average molecular weight is 368 g/mol. The average Bonchev–Trinajstić information content (AvgIpc) is 3.30. The number of hydrogen-bond donors (Lipinski definition) is 2. The van der Waals surface area contributed by atoms with Crippen molar-refractivity contribution in [1.29, 1.82) is 0 Å². The number of rotatable bonds is 7. The number of H-pyrrole nitrogens is 1. The fourth-order valence-corrected chi connectivity index (χ4v) is 2.80. The molecule has 1 aromatic carbocycles. The van der Waals surface area contributed by atoms with Crippen LogP contribution in [0.1, 0.15) is 51.1 Å². The van der Waals surface area contributed by atoms with Crippen LogP contribution in [0.25, 0.3) is 11.6 Å². The highest BCUT2D eigenvalue weighted by Crippen LogP contribution is 2.29. The lowest BCUT2D eigenvalue weighted by molar-refractivity contribution is -0.122. The first-order valence-corrected chi connectivity index (χ1v) is 8.93. The molecule has 1 amide bonds. The van der Waals surface area contributed by atoms with E-state index in [0.717, 1.165) is 12.0 Å². The van der Waals surface area contributed by atoms with Crippen LogP contribution < -0.4 is 5.32 Å². The van der Waals surface area contributed by atoms with E-state index in [0.29, 0.717) is 24.0 Å². The van der Waals surface area contributed by atoms with E-state index in [1.165, 1.54) is 6.33 Å². The van der Waals surface area contributed by atoms with Crippen molar-refractivity contribution in [3.05, 3.63) is 48.1 Å². The van der Waals surface area contributed by atoms with E-state index in [1.807, 2.05) is 30.3 Å². The van der Waals surface area contributed by atoms with Gasteiger partial charge in [0.25, 0.3) is 0 Å². The lowest BCUT2D eigenvalue weighted by Gasteiger charge is -2.27. The number of nitrogens with one attached hydrogen (secondary N) is 2. The molecule has 2 N–H and O–H groups in total. The first-order valence-electron chi connectivity index (χ1n) is 8.93. The van der Waals surface area contributed by atoms with Gasteiger partial charge in [0.05, 0.1) is 6.04 Å². The van der Waals surface area contributed by atoms with Gasteiger partial charge in [0, 0.05) is 12.8 Å². The molecule has 3 aromatic rings. The van der Waals surface area contributed by atoms with Gasteiger partial charge in [0.2, 0.25) is 17.6 Å². The largest absolute Gasteiger partial charge is 0.349 e. The molecule has 0 fully saturated rings. The van der Waals surface area contributed by atoms with Gasteiger partial charge < -0.3 is 9.84 Å². The normalized spacial score (nSPS) is 12.7. The smallest absolute Gasteiger partial charge is 0.239 e. The van der Waals surface area contributed by atoms with Crippen LogP contribution in [0.5, 0.6) is 0 Å². The molecule has 8 heteroatoms. The molecule has 0 aliphatic heterocycles. The molecule has 0 aliphatic rings. The Balaban J connectivity index is 1.59.